The molecule has 4 rings (SSSR count). The zero-order chi connectivity index (χ0) is 23.6. The van der Waals surface area contributed by atoms with Gasteiger partial charge in [0.15, 0.2) is 0 Å². The molecular formula is C24H24ClF3N4O. The molecule has 1 amide bonds. The number of carbonyl (C=O) groups excluding carboxylic acids is 1. The Hall–Kier alpha value is -2.84. The van der Waals surface area contributed by atoms with Gasteiger partial charge in [0.2, 0.25) is 0 Å². The zero-order valence-electron chi connectivity index (χ0n) is 18.0. The molecule has 1 aliphatic heterocycles. The summed E-state index contributed by atoms with van der Waals surface area (Å²) in [6.07, 6.45) is -0.0760. The molecule has 5 nitrogen and oxygen atoms in total. The van der Waals surface area contributed by atoms with Gasteiger partial charge < -0.3 is 10.6 Å². The van der Waals surface area contributed by atoms with Crippen molar-refractivity contribution in [2.75, 3.05) is 6.54 Å². The number of aryl methyl sites for hydroxylation is 1. The van der Waals surface area contributed by atoms with Gasteiger partial charge in [0, 0.05) is 24.8 Å². The Kier molecular flexibility index (Phi) is 6.76. The highest BCUT2D eigenvalue weighted by molar-refractivity contribution is 6.34. The zero-order valence-corrected chi connectivity index (χ0v) is 18.7. The molecule has 2 heterocycles. The lowest BCUT2D eigenvalue weighted by atomic mass is 9.91. The molecule has 2 aromatic carbocycles. The number of hydrogen-bond donors (Lipinski definition) is 2. The molecule has 2 atom stereocenters. The Morgan fingerprint density at radius 2 is 2.00 bits per heavy atom. The minimum absolute atomic E-state index is 0.0611. The van der Waals surface area contributed by atoms with Gasteiger partial charge in [-0.2, -0.15) is 18.3 Å². The molecule has 1 saturated heterocycles. The summed E-state index contributed by atoms with van der Waals surface area (Å²) >= 11 is 6.01. The highest BCUT2D eigenvalue weighted by Gasteiger charge is 2.35. The second kappa shape index (κ2) is 9.57. The van der Waals surface area contributed by atoms with Crippen LogP contribution in [0.3, 0.4) is 0 Å². The van der Waals surface area contributed by atoms with Crippen LogP contribution >= 0.6 is 11.6 Å². The molecule has 1 fully saturated rings. The predicted molar refractivity (Wildman–Crippen MR) is 121 cm³/mol. The van der Waals surface area contributed by atoms with E-state index < -0.39 is 28.7 Å². The fraction of sp³-hybridized carbons (Fsp3) is 0.333. The number of piperidine rings is 1. The molecule has 2 N–H and O–H groups in total. The van der Waals surface area contributed by atoms with Crippen LogP contribution in [-0.4, -0.2) is 28.3 Å². The van der Waals surface area contributed by atoms with Crippen LogP contribution in [0, 0.1) is 0 Å². The molecule has 0 spiro atoms. The predicted octanol–water partition coefficient (Wildman–Crippen LogP) is 5.37. The maximum absolute atomic E-state index is 13.3. The number of halogens is 4. The molecule has 9 heteroatoms. The van der Waals surface area contributed by atoms with Crippen molar-refractivity contribution in [3.05, 3.63) is 76.4 Å². The van der Waals surface area contributed by atoms with Crippen molar-refractivity contribution in [3.63, 3.8) is 0 Å². The largest absolute Gasteiger partial charge is 0.417 e. The van der Waals surface area contributed by atoms with Gasteiger partial charge in [-0.15, -0.1) is 0 Å². The molecular weight excluding hydrogens is 453 g/mol. The van der Waals surface area contributed by atoms with Crippen LogP contribution in [-0.2, 0) is 13.2 Å². The standard InChI is InChI=1S/C24H24ClF3N4O/c1-32-20(11-13-30-32)15-6-4-7-16(14-15)22(19-10-2-3-12-29-19)31-23(33)17-8-5-9-18(21(17)25)24(26,27)28/h4-9,11,13-14,19,22,29H,2-3,10,12H2,1H3,(H,31,33)/t19-,22-/m0/s1. The van der Waals surface area contributed by atoms with E-state index in [0.29, 0.717) is 0 Å². The SMILES string of the molecule is Cn1nccc1-c1cccc([C@H](NC(=O)c2cccc(C(F)(F)F)c2Cl)[C@@H]2CCCCN2)c1. The molecule has 174 valence electrons. The summed E-state index contributed by atoms with van der Waals surface area (Å²) in [4.78, 5) is 13.1. The first-order valence-electron chi connectivity index (χ1n) is 10.7. The van der Waals surface area contributed by atoms with Gasteiger partial charge in [0.25, 0.3) is 5.91 Å². The van der Waals surface area contributed by atoms with Crippen molar-refractivity contribution >= 4 is 17.5 Å². The monoisotopic (exact) mass is 476 g/mol. The molecule has 1 aliphatic rings. The van der Waals surface area contributed by atoms with Gasteiger partial charge in [-0.05, 0) is 49.2 Å². The van der Waals surface area contributed by atoms with Crippen LogP contribution in [0.4, 0.5) is 13.2 Å². The topological polar surface area (TPSA) is 59.0 Å². The Labute approximate surface area is 194 Å². The van der Waals surface area contributed by atoms with Gasteiger partial charge in [-0.3, -0.25) is 9.48 Å². The average Bonchev–Trinajstić information content (AvgIpc) is 3.23. The minimum Gasteiger partial charge on any atom is -0.344 e. The van der Waals surface area contributed by atoms with E-state index in [1.165, 1.54) is 12.1 Å². The lowest BCUT2D eigenvalue weighted by Gasteiger charge is -2.32. The van der Waals surface area contributed by atoms with E-state index >= 15 is 0 Å². The Bertz CT molecular complexity index is 1140. The number of benzene rings is 2. The van der Waals surface area contributed by atoms with Crippen LogP contribution < -0.4 is 10.6 Å². The summed E-state index contributed by atoms with van der Waals surface area (Å²) in [5, 5.41) is 10.0. The third kappa shape index (κ3) is 5.07. The van der Waals surface area contributed by atoms with Gasteiger partial charge in [0.1, 0.15) is 0 Å². The van der Waals surface area contributed by atoms with Gasteiger partial charge in [-0.25, -0.2) is 0 Å². The van der Waals surface area contributed by atoms with Gasteiger partial charge in [0.05, 0.1) is 27.9 Å². The van der Waals surface area contributed by atoms with E-state index in [1.807, 2.05) is 37.4 Å². The lowest BCUT2D eigenvalue weighted by molar-refractivity contribution is -0.137. The Morgan fingerprint density at radius 3 is 2.67 bits per heavy atom. The summed E-state index contributed by atoms with van der Waals surface area (Å²) < 4.78 is 41.6. The first kappa shape index (κ1) is 23.3. The highest BCUT2D eigenvalue weighted by Crippen LogP contribution is 2.36. The second-order valence-electron chi connectivity index (χ2n) is 8.14. The summed E-state index contributed by atoms with van der Waals surface area (Å²) in [5.41, 5.74) is 1.47. The van der Waals surface area contributed by atoms with Crippen LogP contribution in [0.1, 0.15) is 46.8 Å². The number of rotatable bonds is 5. The van der Waals surface area contributed by atoms with Crippen molar-refractivity contribution in [1.82, 2.24) is 20.4 Å². The Balaban J connectivity index is 1.68. The Morgan fingerprint density at radius 1 is 1.21 bits per heavy atom. The molecule has 0 radical (unpaired) electrons. The number of nitrogens with zero attached hydrogens (tertiary/aromatic N) is 2. The third-order valence-corrected chi connectivity index (χ3v) is 6.36. The van der Waals surface area contributed by atoms with E-state index in [9.17, 15) is 18.0 Å². The lowest BCUT2D eigenvalue weighted by Crippen LogP contribution is -2.46. The van der Waals surface area contributed by atoms with Crippen LogP contribution in [0.2, 0.25) is 5.02 Å². The van der Waals surface area contributed by atoms with Crippen molar-refractivity contribution in [2.24, 2.45) is 7.05 Å². The highest BCUT2D eigenvalue weighted by atomic mass is 35.5. The number of hydrogen-bond acceptors (Lipinski definition) is 3. The quantitative estimate of drug-likeness (QED) is 0.520. The van der Waals surface area contributed by atoms with Crippen molar-refractivity contribution in [3.8, 4) is 11.3 Å². The molecule has 3 aromatic rings. The van der Waals surface area contributed by atoms with Crippen molar-refractivity contribution in [2.45, 2.75) is 37.5 Å². The third-order valence-electron chi connectivity index (χ3n) is 5.95. The molecule has 0 aliphatic carbocycles. The van der Waals surface area contributed by atoms with Crippen LogP contribution in [0.25, 0.3) is 11.3 Å². The molecule has 1 aromatic heterocycles. The van der Waals surface area contributed by atoms with E-state index in [1.54, 1.807) is 10.9 Å². The van der Waals surface area contributed by atoms with Gasteiger partial charge in [-0.1, -0.05) is 42.3 Å². The fourth-order valence-corrected chi connectivity index (χ4v) is 4.59. The smallest absolute Gasteiger partial charge is 0.344 e. The van der Waals surface area contributed by atoms with E-state index in [2.05, 4.69) is 15.7 Å². The maximum Gasteiger partial charge on any atom is 0.417 e. The minimum atomic E-state index is -4.64. The first-order chi connectivity index (χ1) is 15.8. The van der Waals surface area contributed by atoms with Crippen molar-refractivity contribution < 1.29 is 18.0 Å². The summed E-state index contributed by atoms with van der Waals surface area (Å²) in [5.74, 6) is -0.644. The summed E-state index contributed by atoms with van der Waals surface area (Å²) in [6, 6.07) is 12.5. The number of amides is 1. The first-order valence-corrected chi connectivity index (χ1v) is 11.1. The van der Waals surface area contributed by atoms with Crippen LogP contribution in [0.5, 0.6) is 0 Å². The van der Waals surface area contributed by atoms with Gasteiger partial charge >= 0.3 is 6.18 Å². The number of alkyl halides is 3. The number of carbonyl (C=O) groups is 1. The molecule has 0 unspecified atom stereocenters. The number of nitrogens with one attached hydrogen (secondary N) is 2. The fourth-order valence-electron chi connectivity index (χ4n) is 4.27. The summed E-state index contributed by atoms with van der Waals surface area (Å²) in [7, 11) is 1.85. The van der Waals surface area contributed by atoms with Crippen molar-refractivity contribution in [1.29, 1.82) is 0 Å². The van der Waals surface area contributed by atoms with E-state index in [4.69, 9.17) is 11.6 Å². The molecule has 0 bridgehead atoms. The molecule has 0 saturated carbocycles. The normalized spacial score (nSPS) is 17.5. The number of aromatic nitrogens is 2. The average molecular weight is 477 g/mol. The van der Waals surface area contributed by atoms with E-state index in [-0.39, 0.29) is 11.6 Å². The summed E-state index contributed by atoms with van der Waals surface area (Å²) in [6.45, 7) is 0.808. The maximum atomic E-state index is 13.3. The molecule has 33 heavy (non-hydrogen) atoms. The van der Waals surface area contributed by atoms with Crippen LogP contribution in [0.15, 0.2) is 54.7 Å². The second-order valence-corrected chi connectivity index (χ2v) is 8.52. The van der Waals surface area contributed by atoms with E-state index in [0.717, 1.165) is 48.7 Å².